The Balaban J connectivity index is 1.09. The predicted octanol–water partition coefficient (Wildman–Crippen LogP) is 15.8. The second kappa shape index (κ2) is 14.9. The predicted molar refractivity (Wildman–Crippen MR) is 258 cm³/mol. The standard InChI is InChI=1S/C57H35N3OS/c1-5-16-36(17-6-1)40-30-31-50-49(35-40)52-48(28-15-29-51(52)61-50)57-59-55(39-22-11-4-12-23-39)58-56(60-57)43-33-41(37-18-7-2-8-19-37)32-42(34-43)45-25-14-27-47-46-26-13-24-44(53(46)62-54(45)47)38-20-9-3-10-21-38/h1-35H. The molecule has 0 atom stereocenters. The molecule has 0 aliphatic rings. The highest BCUT2D eigenvalue weighted by atomic mass is 32.1. The minimum Gasteiger partial charge on any atom is -0.456 e. The van der Waals surface area contributed by atoms with E-state index in [2.05, 4.69) is 176 Å². The number of benzene rings is 9. The summed E-state index contributed by atoms with van der Waals surface area (Å²) in [5.41, 5.74) is 13.5. The van der Waals surface area contributed by atoms with Crippen LogP contribution in [0.3, 0.4) is 0 Å². The molecule has 0 saturated heterocycles. The maximum Gasteiger partial charge on any atom is 0.164 e. The number of hydrogen-bond acceptors (Lipinski definition) is 5. The van der Waals surface area contributed by atoms with E-state index in [9.17, 15) is 0 Å². The molecule has 3 heterocycles. The Morgan fingerprint density at radius 1 is 0.290 bits per heavy atom. The van der Waals surface area contributed by atoms with Crippen LogP contribution in [0.1, 0.15) is 0 Å². The molecular formula is C57H35N3OS. The van der Waals surface area contributed by atoms with Gasteiger partial charge in [0.25, 0.3) is 0 Å². The zero-order chi connectivity index (χ0) is 41.0. The van der Waals surface area contributed by atoms with E-state index >= 15 is 0 Å². The van der Waals surface area contributed by atoms with Crippen molar-refractivity contribution in [3.05, 3.63) is 212 Å². The molecule has 9 aromatic carbocycles. The maximum absolute atomic E-state index is 6.48. The molecule has 12 aromatic rings. The van der Waals surface area contributed by atoms with Crippen LogP contribution in [0.2, 0.25) is 0 Å². The molecule has 0 amide bonds. The average molecular weight is 810 g/mol. The Morgan fingerprint density at radius 2 is 0.790 bits per heavy atom. The summed E-state index contributed by atoms with van der Waals surface area (Å²) in [5.74, 6) is 1.78. The number of furan rings is 1. The summed E-state index contributed by atoms with van der Waals surface area (Å²) in [7, 11) is 0. The van der Waals surface area contributed by atoms with Crippen molar-refractivity contribution in [2.75, 3.05) is 0 Å². The fourth-order valence-corrected chi connectivity index (χ4v) is 10.1. The van der Waals surface area contributed by atoms with Gasteiger partial charge in [0, 0.05) is 47.6 Å². The fourth-order valence-electron chi connectivity index (χ4n) is 8.77. The molecule has 0 aliphatic carbocycles. The lowest BCUT2D eigenvalue weighted by atomic mass is 9.94. The first-order valence-electron chi connectivity index (χ1n) is 20.8. The molecule has 0 fully saturated rings. The van der Waals surface area contributed by atoms with Gasteiger partial charge < -0.3 is 4.42 Å². The molecule has 0 aliphatic heterocycles. The van der Waals surface area contributed by atoms with Crippen LogP contribution in [0.25, 0.3) is 121 Å². The van der Waals surface area contributed by atoms with E-state index in [0.717, 1.165) is 66.4 Å². The van der Waals surface area contributed by atoms with Crippen LogP contribution < -0.4 is 0 Å². The summed E-state index contributed by atoms with van der Waals surface area (Å²) in [5, 5.41) is 4.50. The Kier molecular flexibility index (Phi) is 8.65. The number of rotatable bonds is 7. The summed E-state index contributed by atoms with van der Waals surface area (Å²) >= 11 is 1.86. The van der Waals surface area contributed by atoms with E-state index in [4.69, 9.17) is 19.4 Å². The van der Waals surface area contributed by atoms with Crippen molar-refractivity contribution < 1.29 is 4.42 Å². The van der Waals surface area contributed by atoms with Crippen LogP contribution in [0.15, 0.2) is 217 Å². The monoisotopic (exact) mass is 809 g/mol. The lowest BCUT2D eigenvalue weighted by Crippen LogP contribution is -2.01. The minimum absolute atomic E-state index is 0.582. The van der Waals surface area contributed by atoms with Crippen molar-refractivity contribution in [3.63, 3.8) is 0 Å². The second-order valence-electron chi connectivity index (χ2n) is 15.5. The largest absolute Gasteiger partial charge is 0.456 e. The van der Waals surface area contributed by atoms with Crippen molar-refractivity contribution in [1.29, 1.82) is 0 Å². The molecule has 0 saturated carbocycles. The molecule has 0 spiro atoms. The lowest BCUT2D eigenvalue weighted by Gasteiger charge is -2.13. The number of fused-ring (bicyclic) bond motifs is 6. The molecular weight excluding hydrogens is 775 g/mol. The summed E-state index contributed by atoms with van der Waals surface area (Å²) in [4.78, 5) is 15.8. The van der Waals surface area contributed by atoms with Gasteiger partial charge in [-0.2, -0.15) is 0 Å². The van der Waals surface area contributed by atoms with E-state index in [1.54, 1.807) is 0 Å². The highest BCUT2D eigenvalue weighted by Gasteiger charge is 2.21. The molecule has 5 heteroatoms. The smallest absolute Gasteiger partial charge is 0.164 e. The van der Waals surface area contributed by atoms with E-state index in [1.807, 2.05) is 47.7 Å². The van der Waals surface area contributed by atoms with Crippen LogP contribution in [0.4, 0.5) is 0 Å². The topological polar surface area (TPSA) is 51.8 Å². The van der Waals surface area contributed by atoms with Crippen molar-refractivity contribution in [2.24, 2.45) is 0 Å². The SMILES string of the molecule is c1ccc(-c2cc(-c3nc(-c4ccccc4)nc(-c4cccc5oc6ccc(-c7ccccc7)cc6c45)n3)cc(-c3cccc4c3sc3c(-c5ccccc5)cccc34)c2)cc1. The summed E-state index contributed by atoms with van der Waals surface area (Å²) in [6, 6.07) is 74.5. The molecule has 0 bridgehead atoms. The van der Waals surface area contributed by atoms with Crippen LogP contribution in [-0.2, 0) is 0 Å². The molecule has 0 unspecified atom stereocenters. The van der Waals surface area contributed by atoms with Crippen molar-refractivity contribution in [2.45, 2.75) is 0 Å². The van der Waals surface area contributed by atoms with Crippen LogP contribution in [-0.4, -0.2) is 15.0 Å². The average Bonchev–Trinajstić information content (AvgIpc) is 3.93. The fraction of sp³-hybridized carbons (Fsp3) is 0. The third-order valence-electron chi connectivity index (χ3n) is 11.7. The number of thiophene rings is 1. The van der Waals surface area contributed by atoms with E-state index in [0.29, 0.717) is 17.5 Å². The second-order valence-corrected chi connectivity index (χ2v) is 16.5. The molecule has 62 heavy (non-hydrogen) atoms. The van der Waals surface area contributed by atoms with Gasteiger partial charge in [-0.1, -0.05) is 176 Å². The first-order chi connectivity index (χ1) is 30.7. The molecule has 0 radical (unpaired) electrons. The molecule has 290 valence electrons. The zero-order valence-electron chi connectivity index (χ0n) is 33.4. The highest BCUT2D eigenvalue weighted by Crippen LogP contribution is 2.45. The van der Waals surface area contributed by atoms with Gasteiger partial charge in [0.15, 0.2) is 17.5 Å². The van der Waals surface area contributed by atoms with Gasteiger partial charge in [0.1, 0.15) is 11.2 Å². The summed E-state index contributed by atoms with van der Waals surface area (Å²) < 4.78 is 9.02. The van der Waals surface area contributed by atoms with Gasteiger partial charge in [-0.3, -0.25) is 0 Å². The van der Waals surface area contributed by atoms with Gasteiger partial charge in [-0.15, -0.1) is 11.3 Å². The van der Waals surface area contributed by atoms with Gasteiger partial charge >= 0.3 is 0 Å². The molecule has 4 nitrogen and oxygen atoms in total. The lowest BCUT2D eigenvalue weighted by molar-refractivity contribution is 0.669. The normalized spacial score (nSPS) is 11.5. The Hall–Kier alpha value is -7.99. The van der Waals surface area contributed by atoms with Gasteiger partial charge in [-0.25, -0.2) is 15.0 Å². The minimum atomic E-state index is 0.582. The maximum atomic E-state index is 6.48. The van der Waals surface area contributed by atoms with Gasteiger partial charge in [-0.05, 0) is 80.9 Å². The first kappa shape index (κ1) is 35.9. The Bertz CT molecular complexity index is 3620. The molecule has 3 aromatic heterocycles. The van der Waals surface area contributed by atoms with Crippen molar-refractivity contribution >= 4 is 53.4 Å². The van der Waals surface area contributed by atoms with E-state index in [-0.39, 0.29) is 0 Å². The molecule has 12 rings (SSSR count). The van der Waals surface area contributed by atoms with E-state index < -0.39 is 0 Å². The van der Waals surface area contributed by atoms with E-state index in [1.165, 1.54) is 36.9 Å². The first-order valence-corrected chi connectivity index (χ1v) is 21.6. The van der Waals surface area contributed by atoms with Crippen molar-refractivity contribution in [1.82, 2.24) is 15.0 Å². The van der Waals surface area contributed by atoms with Gasteiger partial charge in [0.2, 0.25) is 0 Å². The summed E-state index contributed by atoms with van der Waals surface area (Å²) in [6.07, 6.45) is 0. The summed E-state index contributed by atoms with van der Waals surface area (Å²) in [6.45, 7) is 0. The third-order valence-corrected chi connectivity index (χ3v) is 13.0. The van der Waals surface area contributed by atoms with Crippen LogP contribution in [0.5, 0.6) is 0 Å². The highest BCUT2D eigenvalue weighted by molar-refractivity contribution is 7.26. The number of nitrogens with zero attached hydrogens (tertiary/aromatic N) is 3. The number of aromatic nitrogens is 3. The van der Waals surface area contributed by atoms with Crippen LogP contribution in [0, 0.1) is 0 Å². The van der Waals surface area contributed by atoms with Crippen LogP contribution >= 0.6 is 11.3 Å². The Labute approximate surface area is 362 Å². The zero-order valence-corrected chi connectivity index (χ0v) is 34.2. The Morgan fingerprint density at radius 3 is 1.45 bits per heavy atom. The molecule has 0 N–H and O–H groups in total. The van der Waals surface area contributed by atoms with Gasteiger partial charge in [0.05, 0.1) is 0 Å². The third kappa shape index (κ3) is 6.26. The van der Waals surface area contributed by atoms with Crippen molar-refractivity contribution in [3.8, 4) is 78.7 Å². The quantitative estimate of drug-likeness (QED) is 0.161. The number of hydrogen-bond donors (Lipinski definition) is 0.